The SMILES string of the molecule is CC/C=C\C/C=C\C/C=C\C/C=C\C/C=C\CCCCCCCCCCCC(=O)OCC(COC(=O)CCCCCCCCCC)OC(=O)CCCCCCCCCCCCC/C=C\C/C=C\CCCCCCC. The van der Waals surface area contributed by atoms with Crippen molar-refractivity contribution in [2.45, 2.75) is 316 Å². The van der Waals surface area contributed by atoms with Crippen LogP contribution in [0.2, 0.25) is 0 Å². The molecule has 0 aliphatic carbocycles. The third kappa shape index (κ3) is 59.5. The molecule has 74 heavy (non-hydrogen) atoms. The Hall–Kier alpha value is -3.41. The second-order valence-electron chi connectivity index (χ2n) is 20.9. The van der Waals surface area contributed by atoms with Gasteiger partial charge in [0.15, 0.2) is 6.10 Å². The first kappa shape index (κ1) is 70.6. The minimum Gasteiger partial charge on any atom is -0.462 e. The summed E-state index contributed by atoms with van der Waals surface area (Å²) in [4.78, 5) is 38.1. The lowest BCUT2D eigenvalue weighted by atomic mass is 10.0. The van der Waals surface area contributed by atoms with Gasteiger partial charge in [-0.3, -0.25) is 14.4 Å². The van der Waals surface area contributed by atoms with Crippen molar-refractivity contribution in [2.24, 2.45) is 0 Å². The zero-order chi connectivity index (χ0) is 53.6. The van der Waals surface area contributed by atoms with E-state index in [0.717, 1.165) is 103 Å². The molecule has 1 atom stereocenters. The van der Waals surface area contributed by atoms with Gasteiger partial charge in [-0.1, -0.05) is 279 Å². The van der Waals surface area contributed by atoms with Gasteiger partial charge < -0.3 is 14.2 Å². The molecular formula is C68H118O6. The number of unbranched alkanes of at least 4 members (excludes halogenated alkanes) is 32. The fourth-order valence-corrected chi connectivity index (χ4v) is 8.91. The normalized spacial score (nSPS) is 12.6. The lowest BCUT2D eigenvalue weighted by Gasteiger charge is -2.18. The Kier molecular flexibility index (Phi) is 59.3. The minimum absolute atomic E-state index is 0.0769. The zero-order valence-corrected chi connectivity index (χ0v) is 48.8. The molecule has 0 radical (unpaired) electrons. The third-order valence-electron chi connectivity index (χ3n) is 13.6. The average molecular weight is 1030 g/mol. The molecule has 0 rings (SSSR count). The molecule has 0 N–H and O–H groups in total. The van der Waals surface area contributed by atoms with Crippen LogP contribution in [0.25, 0.3) is 0 Å². The van der Waals surface area contributed by atoms with Crippen molar-refractivity contribution in [3.8, 4) is 0 Å². The number of rotatable bonds is 57. The standard InChI is InChI=1S/C68H118O6/c1-4-7-10-13-16-19-21-23-25-27-29-31-33-34-36-37-39-41-43-45-47-49-52-55-58-61-67(70)73-64-65(63-72-66(69)60-57-54-51-18-15-12-9-6-3)74-68(71)62-59-56-53-50-48-46-44-42-40-38-35-32-30-28-26-24-22-20-17-14-11-8-5-2/h7,10,16,19,22-25,28-31,34,36,65H,4-6,8-9,11-15,17-18,20-21,26-27,32-33,35,37-64H2,1-3H3/b10-7-,19-16-,24-22-,25-23-,30-28-,31-29-,36-34-. The summed E-state index contributed by atoms with van der Waals surface area (Å²) in [6.45, 7) is 6.51. The molecule has 0 spiro atoms. The van der Waals surface area contributed by atoms with E-state index in [-0.39, 0.29) is 31.1 Å². The van der Waals surface area contributed by atoms with Crippen LogP contribution in [0, 0.1) is 0 Å². The summed E-state index contributed by atoms with van der Waals surface area (Å²) in [5, 5.41) is 0. The second kappa shape index (κ2) is 62.1. The van der Waals surface area contributed by atoms with Gasteiger partial charge in [-0.25, -0.2) is 0 Å². The van der Waals surface area contributed by atoms with E-state index in [9.17, 15) is 14.4 Å². The number of carbonyl (C=O) groups excluding carboxylic acids is 3. The maximum atomic E-state index is 12.9. The number of hydrogen-bond acceptors (Lipinski definition) is 6. The highest BCUT2D eigenvalue weighted by Crippen LogP contribution is 2.16. The van der Waals surface area contributed by atoms with Gasteiger partial charge in [0.25, 0.3) is 0 Å². The zero-order valence-electron chi connectivity index (χ0n) is 48.8. The molecule has 0 amide bonds. The van der Waals surface area contributed by atoms with Crippen LogP contribution in [-0.2, 0) is 28.6 Å². The van der Waals surface area contributed by atoms with E-state index in [1.54, 1.807) is 0 Å². The van der Waals surface area contributed by atoms with Crippen LogP contribution in [0.3, 0.4) is 0 Å². The Morgan fingerprint density at radius 1 is 0.284 bits per heavy atom. The monoisotopic (exact) mass is 1030 g/mol. The number of carbonyl (C=O) groups is 3. The molecule has 426 valence electrons. The van der Waals surface area contributed by atoms with E-state index in [0.29, 0.717) is 19.3 Å². The topological polar surface area (TPSA) is 78.9 Å². The van der Waals surface area contributed by atoms with E-state index < -0.39 is 6.10 Å². The van der Waals surface area contributed by atoms with Crippen LogP contribution >= 0.6 is 0 Å². The largest absolute Gasteiger partial charge is 0.462 e. The fraction of sp³-hybridized carbons (Fsp3) is 0.750. The van der Waals surface area contributed by atoms with Crippen molar-refractivity contribution in [1.82, 2.24) is 0 Å². The fourth-order valence-electron chi connectivity index (χ4n) is 8.91. The van der Waals surface area contributed by atoms with Crippen LogP contribution in [0.1, 0.15) is 310 Å². The van der Waals surface area contributed by atoms with Crippen molar-refractivity contribution in [3.63, 3.8) is 0 Å². The molecule has 0 fully saturated rings. The molecule has 6 heteroatoms. The van der Waals surface area contributed by atoms with Crippen molar-refractivity contribution in [2.75, 3.05) is 13.2 Å². The highest BCUT2D eigenvalue weighted by molar-refractivity contribution is 5.71. The van der Waals surface area contributed by atoms with Crippen molar-refractivity contribution in [1.29, 1.82) is 0 Å². The summed E-state index contributed by atoms with van der Waals surface area (Å²) < 4.78 is 16.9. The summed E-state index contributed by atoms with van der Waals surface area (Å²) in [6, 6.07) is 0. The highest BCUT2D eigenvalue weighted by Gasteiger charge is 2.19. The summed E-state index contributed by atoms with van der Waals surface area (Å²) in [5.74, 6) is -0.879. The molecule has 0 bridgehead atoms. The quantitative estimate of drug-likeness (QED) is 0.0261. The number of ether oxygens (including phenoxy) is 3. The first-order chi connectivity index (χ1) is 36.5. The van der Waals surface area contributed by atoms with Crippen molar-refractivity contribution in [3.05, 3.63) is 85.1 Å². The number of allylic oxidation sites excluding steroid dienone is 14. The lowest BCUT2D eigenvalue weighted by Crippen LogP contribution is -2.30. The van der Waals surface area contributed by atoms with Gasteiger partial charge in [-0.05, 0) is 96.3 Å². The summed E-state index contributed by atoms with van der Waals surface area (Å²) in [6.07, 6.45) is 81.7. The molecule has 0 aliphatic rings. The van der Waals surface area contributed by atoms with Gasteiger partial charge >= 0.3 is 17.9 Å². The molecular weight excluding hydrogens is 913 g/mol. The van der Waals surface area contributed by atoms with E-state index >= 15 is 0 Å². The van der Waals surface area contributed by atoms with Crippen LogP contribution in [0.15, 0.2) is 85.1 Å². The molecule has 6 nitrogen and oxygen atoms in total. The first-order valence-electron chi connectivity index (χ1n) is 31.6. The van der Waals surface area contributed by atoms with Gasteiger partial charge in [0.2, 0.25) is 0 Å². The molecule has 0 aromatic carbocycles. The average Bonchev–Trinajstić information content (AvgIpc) is 3.40. The summed E-state index contributed by atoms with van der Waals surface area (Å²) >= 11 is 0. The number of hydrogen-bond donors (Lipinski definition) is 0. The van der Waals surface area contributed by atoms with Gasteiger partial charge in [0, 0.05) is 19.3 Å². The van der Waals surface area contributed by atoms with Crippen molar-refractivity contribution >= 4 is 17.9 Å². The van der Waals surface area contributed by atoms with Crippen molar-refractivity contribution < 1.29 is 28.6 Å². The third-order valence-corrected chi connectivity index (χ3v) is 13.6. The predicted octanol–water partition coefficient (Wildman–Crippen LogP) is 21.5. The Morgan fingerprint density at radius 3 is 0.824 bits per heavy atom. The number of esters is 3. The highest BCUT2D eigenvalue weighted by atomic mass is 16.6. The van der Waals surface area contributed by atoms with Gasteiger partial charge in [-0.15, -0.1) is 0 Å². The molecule has 0 saturated heterocycles. The Balaban J connectivity index is 4.20. The van der Waals surface area contributed by atoms with Gasteiger partial charge in [0.1, 0.15) is 13.2 Å². The van der Waals surface area contributed by atoms with Crippen LogP contribution in [-0.4, -0.2) is 37.2 Å². The molecule has 0 aromatic rings. The maximum absolute atomic E-state index is 12.9. The van der Waals surface area contributed by atoms with E-state index in [2.05, 4.69) is 106 Å². The van der Waals surface area contributed by atoms with Crippen LogP contribution in [0.5, 0.6) is 0 Å². The van der Waals surface area contributed by atoms with Crippen LogP contribution in [0.4, 0.5) is 0 Å². The predicted molar refractivity (Wildman–Crippen MR) is 321 cm³/mol. The van der Waals surface area contributed by atoms with E-state index in [1.165, 1.54) is 167 Å². The second-order valence-corrected chi connectivity index (χ2v) is 20.9. The maximum Gasteiger partial charge on any atom is 0.306 e. The summed E-state index contributed by atoms with van der Waals surface area (Å²) in [7, 11) is 0. The van der Waals surface area contributed by atoms with Gasteiger partial charge in [-0.2, -0.15) is 0 Å². The molecule has 0 heterocycles. The van der Waals surface area contributed by atoms with Crippen LogP contribution < -0.4 is 0 Å². The Labute approximate surface area is 458 Å². The smallest absolute Gasteiger partial charge is 0.306 e. The molecule has 0 saturated carbocycles. The van der Waals surface area contributed by atoms with E-state index in [4.69, 9.17) is 14.2 Å². The lowest BCUT2D eigenvalue weighted by molar-refractivity contribution is -0.167. The molecule has 0 aromatic heterocycles. The molecule has 1 unspecified atom stereocenters. The first-order valence-corrected chi connectivity index (χ1v) is 31.6. The van der Waals surface area contributed by atoms with E-state index in [1.807, 2.05) is 0 Å². The molecule has 0 aliphatic heterocycles. The Bertz CT molecular complexity index is 1420. The minimum atomic E-state index is -0.778. The summed E-state index contributed by atoms with van der Waals surface area (Å²) in [5.41, 5.74) is 0. The van der Waals surface area contributed by atoms with Gasteiger partial charge in [0.05, 0.1) is 0 Å². The Morgan fingerprint density at radius 2 is 0.527 bits per heavy atom.